The molecule has 0 aliphatic carbocycles. The van der Waals surface area contributed by atoms with Gasteiger partial charge in [-0.2, -0.15) is 8.78 Å². The largest absolute Gasteiger partial charge is 0.434 e. The van der Waals surface area contributed by atoms with E-state index in [-0.39, 0.29) is 23.3 Å². The molecule has 1 atom stereocenters. The number of nitrogens with two attached hydrogens (primary N) is 1. The Kier molecular flexibility index (Phi) is 4.31. The summed E-state index contributed by atoms with van der Waals surface area (Å²) < 4.78 is 29.0. The minimum atomic E-state index is -2.95. The predicted molar refractivity (Wildman–Crippen MR) is 66.2 cm³/mol. The van der Waals surface area contributed by atoms with Gasteiger partial charge < -0.3 is 15.4 Å². The fourth-order valence-electron chi connectivity index (χ4n) is 2.21. The van der Waals surface area contributed by atoms with Crippen molar-refractivity contribution in [3.63, 3.8) is 0 Å². The molecule has 0 bridgehead atoms. The molecule has 6 heteroatoms. The number of alkyl halides is 2. The summed E-state index contributed by atoms with van der Waals surface area (Å²) in [5, 5.41) is 0. The number of rotatable bonds is 3. The molecular formula is C13H16F2N2O2. The highest BCUT2D eigenvalue weighted by Gasteiger charge is 2.25. The molecule has 1 aliphatic rings. The summed E-state index contributed by atoms with van der Waals surface area (Å²) >= 11 is 0. The first-order valence-electron chi connectivity index (χ1n) is 6.16. The van der Waals surface area contributed by atoms with Crippen molar-refractivity contribution < 1.29 is 18.3 Å². The van der Waals surface area contributed by atoms with Gasteiger partial charge in [0.05, 0.1) is 5.56 Å². The lowest BCUT2D eigenvalue weighted by Gasteiger charge is -2.31. The van der Waals surface area contributed by atoms with Gasteiger partial charge in [-0.05, 0) is 25.0 Å². The minimum absolute atomic E-state index is 0.0547. The Morgan fingerprint density at radius 1 is 1.42 bits per heavy atom. The van der Waals surface area contributed by atoms with Crippen molar-refractivity contribution in [2.24, 2.45) is 5.73 Å². The maximum absolute atomic E-state index is 12.3. The standard InChI is InChI=1S/C13H16F2N2O2/c14-13(15)19-11-6-2-1-5-10(11)12(18)17-7-3-4-9(16)8-17/h1-2,5-6,9,13H,3-4,7-8,16H2/t9-/m0/s1. The van der Waals surface area contributed by atoms with Crippen LogP contribution in [0, 0.1) is 0 Å². The summed E-state index contributed by atoms with van der Waals surface area (Å²) in [4.78, 5) is 13.9. The lowest BCUT2D eigenvalue weighted by Crippen LogP contribution is -2.45. The van der Waals surface area contributed by atoms with Crippen LogP contribution in [0.2, 0.25) is 0 Å². The zero-order valence-electron chi connectivity index (χ0n) is 10.4. The zero-order valence-corrected chi connectivity index (χ0v) is 10.4. The normalized spacial score (nSPS) is 19.6. The Labute approximate surface area is 110 Å². The Hall–Kier alpha value is -1.69. The van der Waals surface area contributed by atoms with Crippen LogP contribution in [0.25, 0.3) is 0 Å². The van der Waals surface area contributed by atoms with Gasteiger partial charge in [0, 0.05) is 19.1 Å². The van der Waals surface area contributed by atoms with Gasteiger partial charge in [-0.25, -0.2) is 0 Å². The van der Waals surface area contributed by atoms with Crippen molar-refractivity contribution in [3.05, 3.63) is 29.8 Å². The van der Waals surface area contributed by atoms with E-state index in [0.717, 1.165) is 12.8 Å². The smallest absolute Gasteiger partial charge is 0.387 e. The Balaban J connectivity index is 2.18. The molecule has 1 aliphatic heterocycles. The van der Waals surface area contributed by atoms with Crippen LogP contribution in [0.5, 0.6) is 5.75 Å². The monoisotopic (exact) mass is 270 g/mol. The Morgan fingerprint density at radius 3 is 2.84 bits per heavy atom. The average Bonchev–Trinajstić information content (AvgIpc) is 2.38. The summed E-state index contributed by atoms with van der Waals surface area (Å²) in [6, 6.07) is 5.97. The number of ether oxygens (including phenoxy) is 1. The second-order valence-electron chi connectivity index (χ2n) is 4.53. The Morgan fingerprint density at radius 2 is 2.16 bits per heavy atom. The minimum Gasteiger partial charge on any atom is -0.434 e. The van der Waals surface area contributed by atoms with Crippen LogP contribution in [0.4, 0.5) is 8.78 Å². The number of carbonyl (C=O) groups excluding carboxylic acids is 1. The van der Waals surface area contributed by atoms with Crippen molar-refractivity contribution in [2.45, 2.75) is 25.5 Å². The SMILES string of the molecule is N[C@H]1CCCN(C(=O)c2ccccc2OC(F)F)C1. The number of likely N-dealkylation sites (tertiary alicyclic amines) is 1. The van der Waals surface area contributed by atoms with Crippen molar-refractivity contribution in [3.8, 4) is 5.75 Å². The third kappa shape index (κ3) is 3.41. The average molecular weight is 270 g/mol. The number of piperidine rings is 1. The van der Waals surface area contributed by atoms with Crippen LogP contribution >= 0.6 is 0 Å². The Bertz CT molecular complexity index is 454. The number of carbonyl (C=O) groups is 1. The molecule has 2 rings (SSSR count). The highest BCUT2D eigenvalue weighted by atomic mass is 19.3. The van der Waals surface area contributed by atoms with Crippen LogP contribution in [-0.2, 0) is 0 Å². The van der Waals surface area contributed by atoms with Crippen LogP contribution in [0.1, 0.15) is 23.2 Å². The third-order valence-corrected chi connectivity index (χ3v) is 3.08. The molecule has 19 heavy (non-hydrogen) atoms. The van der Waals surface area contributed by atoms with Gasteiger partial charge in [0.15, 0.2) is 0 Å². The van der Waals surface area contributed by atoms with Gasteiger partial charge in [-0.3, -0.25) is 4.79 Å². The molecule has 2 N–H and O–H groups in total. The second-order valence-corrected chi connectivity index (χ2v) is 4.53. The van der Waals surface area contributed by atoms with Crippen LogP contribution in [-0.4, -0.2) is 36.5 Å². The van der Waals surface area contributed by atoms with Crippen LogP contribution < -0.4 is 10.5 Å². The van der Waals surface area contributed by atoms with E-state index >= 15 is 0 Å². The van der Waals surface area contributed by atoms with Gasteiger partial charge >= 0.3 is 6.61 Å². The molecule has 0 radical (unpaired) electrons. The molecule has 0 unspecified atom stereocenters. The van der Waals surface area contributed by atoms with Gasteiger partial charge in [0.25, 0.3) is 5.91 Å². The maximum Gasteiger partial charge on any atom is 0.387 e. The first-order chi connectivity index (χ1) is 9.08. The van der Waals surface area contributed by atoms with Gasteiger partial charge in [0.2, 0.25) is 0 Å². The lowest BCUT2D eigenvalue weighted by atomic mass is 10.0. The van der Waals surface area contributed by atoms with E-state index in [1.807, 2.05) is 0 Å². The number of benzene rings is 1. The molecule has 1 heterocycles. The molecule has 1 saturated heterocycles. The molecule has 0 saturated carbocycles. The molecule has 1 fully saturated rings. The van der Waals surface area contributed by atoms with Crippen molar-refractivity contribution >= 4 is 5.91 Å². The third-order valence-electron chi connectivity index (χ3n) is 3.08. The fraction of sp³-hybridized carbons (Fsp3) is 0.462. The number of hydrogen-bond acceptors (Lipinski definition) is 3. The van der Waals surface area contributed by atoms with E-state index < -0.39 is 6.61 Å². The van der Waals surface area contributed by atoms with Gasteiger partial charge in [0.1, 0.15) is 5.75 Å². The summed E-state index contributed by atoms with van der Waals surface area (Å²) in [6.45, 7) is -1.91. The van der Waals surface area contributed by atoms with Crippen molar-refractivity contribution in [1.29, 1.82) is 0 Å². The van der Waals surface area contributed by atoms with E-state index in [1.165, 1.54) is 12.1 Å². The molecule has 1 aromatic rings. The first-order valence-corrected chi connectivity index (χ1v) is 6.16. The predicted octanol–water partition coefficient (Wildman–Crippen LogP) is 1.85. The summed E-state index contributed by atoms with van der Waals surface area (Å²) in [5.41, 5.74) is 5.96. The highest BCUT2D eigenvalue weighted by Crippen LogP contribution is 2.23. The molecule has 0 spiro atoms. The molecule has 4 nitrogen and oxygen atoms in total. The lowest BCUT2D eigenvalue weighted by molar-refractivity contribution is -0.0503. The second kappa shape index (κ2) is 5.97. The van der Waals surface area contributed by atoms with Crippen LogP contribution in [0.15, 0.2) is 24.3 Å². The number of para-hydroxylation sites is 1. The summed E-state index contributed by atoms with van der Waals surface area (Å²) in [6.07, 6.45) is 1.70. The first kappa shape index (κ1) is 13.7. The van der Waals surface area contributed by atoms with Crippen LogP contribution in [0.3, 0.4) is 0 Å². The fourth-order valence-corrected chi connectivity index (χ4v) is 2.21. The van der Waals surface area contributed by atoms with Crippen molar-refractivity contribution in [2.75, 3.05) is 13.1 Å². The highest BCUT2D eigenvalue weighted by molar-refractivity contribution is 5.97. The van der Waals surface area contributed by atoms with E-state index in [9.17, 15) is 13.6 Å². The number of halogens is 2. The van der Waals surface area contributed by atoms with E-state index in [4.69, 9.17) is 5.73 Å². The van der Waals surface area contributed by atoms with Gasteiger partial charge in [-0.15, -0.1) is 0 Å². The number of hydrogen-bond donors (Lipinski definition) is 1. The number of nitrogens with zero attached hydrogens (tertiary/aromatic N) is 1. The molecular weight excluding hydrogens is 254 g/mol. The zero-order chi connectivity index (χ0) is 13.8. The molecule has 1 amide bonds. The molecule has 104 valence electrons. The molecule has 1 aromatic carbocycles. The van der Waals surface area contributed by atoms with Gasteiger partial charge in [-0.1, -0.05) is 12.1 Å². The van der Waals surface area contributed by atoms with E-state index in [2.05, 4.69) is 4.74 Å². The molecule has 0 aromatic heterocycles. The number of amides is 1. The summed E-state index contributed by atoms with van der Waals surface area (Å²) in [5.74, 6) is -0.409. The quantitative estimate of drug-likeness (QED) is 0.912. The topological polar surface area (TPSA) is 55.6 Å². The van der Waals surface area contributed by atoms with E-state index in [1.54, 1.807) is 17.0 Å². The van der Waals surface area contributed by atoms with E-state index in [0.29, 0.717) is 13.1 Å². The summed E-state index contributed by atoms with van der Waals surface area (Å²) in [7, 11) is 0. The van der Waals surface area contributed by atoms with Crippen molar-refractivity contribution in [1.82, 2.24) is 4.90 Å². The maximum atomic E-state index is 12.3.